The molecule has 8 heteroatoms. The van der Waals surface area contributed by atoms with Crippen molar-refractivity contribution in [2.45, 2.75) is 18.4 Å². The molecule has 3 rings (SSSR count). The molecule has 2 aromatic carbocycles. The summed E-state index contributed by atoms with van der Waals surface area (Å²) in [6.07, 6.45) is 0. The van der Waals surface area contributed by atoms with E-state index in [0.717, 1.165) is 11.1 Å². The molecule has 0 unspecified atom stereocenters. The van der Waals surface area contributed by atoms with Crippen molar-refractivity contribution in [2.75, 3.05) is 17.4 Å². The Morgan fingerprint density at radius 2 is 1.88 bits per heavy atom. The Morgan fingerprint density at radius 3 is 2.54 bits per heavy atom. The zero-order valence-corrected chi connectivity index (χ0v) is 13.9. The molecule has 0 aliphatic carbocycles. The molecule has 1 aliphatic heterocycles. The second kappa shape index (κ2) is 6.21. The summed E-state index contributed by atoms with van der Waals surface area (Å²) >= 11 is 0. The minimum absolute atomic E-state index is 0.0439. The van der Waals surface area contributed by atoms with Crippen LogP contribution in [0, 0.1) is 17.0 Å². The van der Waals surface area contributed by atoms with Gasteiger partial charge in [0.15, 0.2) is 0 Å². The van der Waals surface area contributed by atoms with E-state index in [1.165, 1.54) is 28.6 Å². The minimum atomic E-state index is -3.79. The van der Waals surface area contributed by atoms with Crippen LogP contribution < -0.4 is 9.62 Å². The number of anilines is 1. The van der Waals surface area contributed by atoms with Crippen LogP contribution in [0.4, 0.5) is 11.4 Å². The Kier molecular flexibility index (Phi) is 4.25. The molecule has 0 bridgehead atoms. The molecular weight excluding hydrogens is 330 g/mol. The van der Waals surface area contributed by atoms with Gasteiger partial charge in [0, 0.05) is 31.8 Å². The molecule has 1 N–H and O–H groups in total. The summed E-state index contributed by atoms with van der Waals surface area (Å²) in [5, 5.41) is 14.0. The number of aryl methyl sites for hydroxylation is 1. The summed E-state index contributed by atoms with van der Waals surface area (Å²) < 4.78 is 27.4. The van der Waals surface area contributed by atoms with Crippen LogP contribution in [-0.4, -0.2) is 26.4 Å². The van der Waals surface area contributed by atoms with Crippen molar-refractivity contribution in [3.8, 4) is 0 Å². The maximum absolute atomic E-state index is 13.0. The van der Waals surface area contributed by atoms with Gasteiger partial charge in [-0.15, -0.1) is 0 Å². The molecule has 0 aromatic heterocycles. The van der Waals surface area contributed by atoms with E-state index in [4.69, 9.17) is 0 Å². The van der Waals surface area contributed by atoms with Crippen molar-refractivity contribution in [1.82, 2.24) is 5.32 Å². The molecule has 0 radical (unpaired) electrons. The van der Waals surface area contributed by atoms with Crippen molar-refractivity contribution in [2.24, 2.45) is 0 Å². The van der Waals surface area contributed by atoms with Crippen molar-refractivity contribution in [3.05, 3.63) is 63.7 Å². The van der Waals surface area contributed by atoms with Crippen LogP contribution >= 0.6 is 0 Å². The van der Waals surface area contributed by atoms with E-state index < -0.39 is 14.9 Å². The molecule has 1 aliphatic rings. The number of hydrogen-bond donors (Lipinski definition) is 1. The second-order valence-corrected chi connectivity index (χ2v) is 7.44. The number of nitrogens with zero attached hydrogens (tertiary/aromatic N) is 2. The van der Waals surface area contributed by atoms with Crippen LogP contribution in [0.25, 0.3) is 0 Å². The van der Waals surface area contributed by atoms with Gasteiger partial charge in [0.05, 0.1) is 15.5 Å². The van der Waals surface area contributed by atoms with Gasteiger partial charge in [-0.3, -0.25) is 14.4 Å². The van der Waals surface area contributed by atoms with E-state index in [-0.39, 0.29) is 10.6 Å². The lowest BCUT2D eigenvalue weighted by atomic mass is 10.1. The van der Waals surface area contributed by atoms with Crippen LogP contribution in [0.15, 0.2) is 47.4 Å². The maximum Gasteiger partial charge on any atom is 0.269 e. The molecular formula is C16H17N3O4S. The summed E-state index contributed by atoms with van der Waals surface area (Å²) in [6.45, 7) is 3.38. The van der Waals surface area contributed by atoms with Crippen LogP contribution in [0.5, 0.6) is 0 Å². The molecule has 0 saturated carbocycles. The average Bonchev–Trinajstić information content (AvgIpc) is 2.79. The molecule has 1 heterocycles. The monoisotopic (exact) mass is 347 g/mol. The number of hydrogen-bond acceptors (Lipinski definition) is 5. The highest BCUT2D eigenvalue weighted by Gasteiger charge is 2.28. The minimum Gasteiger partial charge on any atom is -0.311 e. The van der Waals surface area contributed by atoms with Gasteiger partial charge in [0.2, 0.25) is 0 Å². The fourth-order valence-electron chi connectivity index (χ4n) is 2.78. The SMILES string of the molecule is Cc1cccc2c1CNCCN2S(=O)(=O)c1ccc([N+](=O)[O-])cc1. The van der Waals surface area contributed by atoms with E-state index in [0.29, 0.717) is 25.3 Å². The lowest BCUT2D eigenvalue weighted by molar-refractivity contribution is -0.384. The number of nitro benzene ring substituents is 1. The zero-order valence-electron chi connectivity index (χ0n) is 13.1. The maximum atomic E-state index is 13.0. The van der Waals surface area contributed by atoms with Crippen LogP contribution in [0.2, 0.25) is 0 Å². The number of nitrogens with one attached hydrogen (secondary N) is 1. The number of benzene rings is 2. The molecule has 0 amide bonds. The number of nitro groups is 1. The molecule has 0 fully saturated rings. The molecule has 0 spiro atoms. The van der Waals surface area contributed by atoms with E-state index in [2.05, 4.69) is 5.32 Å². The van der Waals surface area contributed by atoms with E-state index in [1.807, 2.05) is 19.1 Å². The lowest BCUT2D eigenvalue weighted by Gasteiger charge is -2.24. The first-order chi connectivity index (χ1) is 11.4. The standard InChI is InChI=1S/C16H17N3O4S/c1-12-3-2-4-16-15(12)11-17-9-10-18(16)24(22,23)14-7-5-13(6-8-14)19(20)21/h2-8,17H,9-11H2,1H3. The molecule has 24 heavy (non-hydrogen) atoms. The third kappa shape index (κ3) is 2.85. The fourth-order valence-corrected chi connectivity index (χ4v) is 4.28. The van der Waals surface area contributed by atoms with Gasteiger partial charge in [-0.25, -0.2) is 8.42 Å². The number of non-ortho nitro benzene ring substituents is 1. The highest BCUT2D eigenvalue weighted by atomic mass is 32.2. The Hall–Kier alpha value is -2.45. The highest BCUT2D eigenvalue weighted by molar-refractivity contribution is 7.92. The van der Waals surface area contributed by atoms with Crippen molar-refractivity contribution in [3.63, 3.8) is 0 Å². The van der Waals surface area contributed by atoms with Gasteiger partial charge in [-0.1, -0.05) is 12.1 Å². The fraction of sp³-hybridized carbons (Fsp3) is 0.250. The first-order valence-electron chi connectivity index (χ1n) is 7.47. The number of fused-ring (bicyclic) bond motifs is 1. The predicted molar refractivity (Wildman–Crippen MR) is 90.5 cm³/mol. The Bertz CT molecular complexity index is 879. The van der Waals surface area contributed by atoms with E-state index in [9.17, 15) is 18.5 Å². The summed E-state index contributed by atoms with van der Waals surface area (Å²) in [7, 11) is -3.79. The Morgan fingerprint density at radius 1 is 1.17 bits per heavy atom. The Balaban J connectivity index is 2.07. The van der Waals surface area contributed by atoms with Gasteiger partial charge in [0.25, 0.3) is 15.7 Å². The van der Waals surface area contributed by atoms with Crippen molar-refractivity contribution < 1.29 is 13.3 Å². The van der Waals surface area contributed by atoms with Crippen LogP contribution in [0.3, 0.4) is 0 Å². The van der Waals surface area contributed by atoms with Crippen LogP contribution in [0.1, 0.15) is 11.1 Å². The summed E-state index contributed by atoms with van der Waals surface area (Å²) in [5.74, 6) is 0. The largest absolute Gasteiger partial charge is 0.311 e. The van der Waals surface area contributed by atoms with Gasteiger partial charge < -0.3 is 5.32 Å². The predicted octanol–water partition coefficient (Wildman–Crippen LogP) is 2.20. The molecule has 2 aromatic rings. The van der Waals surface area contributed by atoms with Crippen LogP contribution in [-0.2, 0) is 16.6 Å². The van der Waals surface area contributed by atoms with Gasteiger partial charge >= 0.3 is 0 Å². The third-order valence-corrected chi connectivity index (χ3v) is 5.91. The molecule has 0 saturated heterocycles. The van der Waals surface area contributed by atoms with Gasteiger partial charge in [-0.2, -0.15) is 0 Å². The van der Waals surface area contributed by atoms with Crippen molar-refractivity contribution >= 4 is 21.4 Å². The average molecular weight is 347 g/mol. The van der Waals surface area contributed by atoms with Gasteiger partial charge in [-0.05, 0) is 36.2 Å². The first kappa shape index (κ1) is 16.4. The topological polar surface area (TPSA) is 92.6 Å². The first-order valence-corrected chi connectivity index (χ1v) is 8.91. The van der Waals surface area contributed by atoms with E-state index in [1.54, 1.807) is 6.07 Å². The quantitative estimate of drug-likeness (QED) is 0.679. The number of sulfonamides is 1. The normalized spacial score (nSPS) is 14.8. The van der Waals surface area contributed by atoms with Gasteiger partial charge in [0.1, 0.15) is 0 Å². The summed E-state index contributed by atoms with van der Waals surface area (Å²) in [6, 6.07) is 10.5. The lowest BCUT2D eigenvalue weighted by Crippen LogP contribution is -2.34. The Labute approximate surface area is 140 Å². The zero-order chi connectivity index (χ0) is 17.3. The molecule has 0 atom stereocenters. The molecule has 7 nitrogen and oxygen atoms in total. The third-order valence-electron chi connectivity index (χ3n) is 4.08. The van der Waals surface area contributed by atoms with E-state index >= 15 is 0 Å². The van der Waals surface area contributed by atoms with Crippen molar-refractivity contribution in [1.29, 1.82) is 0 Å². The highest BCUT2D eigenvalue weighted by Crippen LogP contribution is 2.30. The smallest absolute Gasteiger partial charge is 0.269 e. The second-order valence-electron chi connectivity index (χ2n) is 5.58. The summed E-state index contributed by atoms with van der Waals surface area (Å²) in [4.78, 5) is 10.2. The molecule has 126 valence electrons. The summed E-state index contributed by atoms with van der Waals surface area (Å²) in [5.41, 5.74) is 2.48. The number of rotatable bonds is 3.